The number of hydrogen-bond acceptors (Lipinski definition) is 7. The topological polar surface area (TPSA) is 122 Å². The van der Waals surface area contributed by atoms with Gasteiger partial charge in [-0.2, -0.15) is 4.31 Å². The lowest BCUT2D eigenvalue weighted by Gasteiger charge is -2.26. The molecular weight excluding hydrogens is 482 g/mol. The van der Waals surface area contributed by atoms with Gasteiger partial charge in [0.2, 0.25) is 20.0 Å². The van der Waals surface area contributed by atoms with Gasteiger partial charge < -0.3 is 14.8 Å². The first-order valence-corrected chi connectivity index (χ1v) is 13.5. The quantitative estimate of drug-likeness (QED) is 0.571. The standard InChI is InChI=1S/C22H29N3O7S2/c1-16-5-6-19(33(27,28)24(3)4)14-20(16)23-22(26)15-32-21-8-7-18(13-17(21)2)34(29,30)25-9-11-31-12-10-25/h5-8,13-14H,9-12,15H2,1-4H3,(H,23,26). The molecule has 0 aromatic heterocycles. The maximum atomic E-state index is 12.8. The summed E-state index contributed by atoms with van der Waals surface area (Å²) < 4.78 is 63.6. The first-order chi connectivity index (χ1) is 15.9. The van der Waals surface area contributed by atoms with Gasteiger partial charge in [-0.1, -0.05) is 6.07 Å². The summed E-state index contributed by atoms with van der Waals surface area (Å²) in [7, 11) is -4.42. The molecule has 0 radical (unpaired) electrons. The van der Waals surface area contributed by atoms with Crippen molar-refractivity contribution in [1.29, 1.82) is 0 Å². The molecule has 3 rings (SSSR count). The fourth-order valence-electron chi connectivity index (χ4n) is 3.32. The van der Waals surface area contributed by atoms with Gasteiger partial charge in [0.25, 0.3) is 5.91 Å². The first kappa shape index (κ1) is 26.1. The van der Waals surface area contributed by atoms with Crippen LogP contribution in [0.5, 0.6) is 5.75 Å². The minimum atomic E-state index is -3.65. The maximum absolute atomic E-state index is 12.8. The Bertz CT molecular complexity index is 1270. The van der Waals surface area contributed by atoms with E-state index >= 15 is 0 Å². The SMILES string of the molecule is Cc1ccc(S(=O)(=O)N(C)C)cc1NC(=O)COc1ccc(S(=O)(=O)N2CCOCC2)cc1C. The van der Waals surface area contributed by atoms with Crippen LogP contribution < -0.4 is 10.1 Å². The minimum Gasteiger partial charge on any atom is -0.483 e. The van der Waals surface area contributed by atoms with E-state index in [2.05, 4.69) is 5.32 Å². The van der Waals surface area contributed by atoms with Crippen molar-refractivity contribution in [3.63, 3.8) is 0 Å². The Hall–Kier alpha value is -2.51. The number of amides is 1. The van der Waals surface area contributed by atoms with Gasteiger partial charge in [0.15, 0.2) is 6.61 Å². The van der Waals surface area contributed by atoms with Gasteiger partial charge in [-0.15, -0.1) is 0 Å². The fourth-order valence-corrected chi connectivity index (χ4v) is 5.74. The Morgan fingerprint density at radius 1 is 1.00 bits per heavy atom. The summed E-state index contributed by atoms with van der Waals surface area (Å²) in [6, 6.07) is 8.98. The number of rotatable bonds is 8. The van der Waals surface area contributed by atoms with Crippen molar-refractivity contribution in [2.75, 3.05) is 52.3 Å². The van der Waals surface area contributed by atoms with E-state index < -0.39 is 26.0 Å². The van der Waals surface area contributed by atoms with Crippen LogP contribution in [-0.4, -0.2) is 78.4 Å². The third-order valence-electron chi connectivity index (χ3n) is 5.37. The molecule has 186 valence electrons. The lowest BCUT2D eigenvalue weighted by Crippen LogP contribution is -2.40. The second-order valence-corrected chi connectivity index (χ2v) is 12.1. The van der Waals surface area contributed by atoms with Gasteiger partial charge in [0.1, 0.15) is 5.75 Å². The Morgan fingerprint density at radius 2 is 1.65 bits per heavy atom. The molecule has 10 nitrogen and oxygen atoms in total. The zero-order chi connectivity index (χ0) is 25.1. The number of anilines is 1. The molecule has 0 atom stereocenters. The van der Waals surface area contributed by atoms with Crippen molar-refractivity contribution in [2.45, 2.75) is 23.6 Å². The zero-order valence-corrected chi connectivity index (χ0v) is 21.2. The molecule has 0 unspecified atom stereocenters. The van der Waals surface area contributed by atoms with E-state index in [4.69, 9.17) is 9.47 Å². The fraction of sp³-hybridized carbons (Fsp3) is 0.409. The largest absolute Gasteiger partial charge is 0.483 e. The highest BCUT2D eigenvalue weighted by Crippen LogP contribution is 2.25. The lowest BCUT2D eigenvalue weighted by molar-refractivity contribution is -0.118. The molecule has 1 aliphatic rings. The number of nitrogens with one attached hydrogen (secondary N) is 1. The van der Waals surface area contributed by atoms with E-state index in [1.54, 1.807) is 19.9 Å². The van der Waals surface area contributed by atoms with Crippen LogP contribution in [0.15, 0.2) is 46.2 Å². The van der Waals surface area contributed by atoms with E-state index in [1.165, 1.54) is 48.7 Å². The van der Waals surface area contributed by atoms with Crippen molar-refractivity contribution in [1.82, 2.24) is 8.61 Å². The van der Waals surface area contributed by atoms with E-state index in [1.807, 2.05) is 0 Å². The average Bonchev–Trinajstić information content (AvgIpc) is 2.80. The van der Waals surface area contributed by atoms with Gasteiger partial charge in [-0.3, -0.25) is 4.79 Å². The lowest BCUT2D eigenvalue weighted by atomic mass is 10.2. The number of hydrogen-bond donors (Lipinski definition) is 1. The molecule has 1 saturated heterocycles. The van der Waals surface area contributed by atoms with Gasteiger partial charge in [-0.05, 0) is 55.3 Å². The second-order valence-electron chi connectivity index (χ2n) is 8.04. The van der Waals surface area contributed by atoms with Gasteiger partial charge in [-0.25, -0.2) is 21.1 Å². The maximum Gasteiger partial charge on any atom is 0.262 e. The average molecular weight is 512 g/mol. The molecule has 1 fully saturated rings. The summed E-state index contributed by atoms with van der Waals surface area (Å²) in [5.74, 6) is -0.108. The Kier molecular flexibility index (Phi) is 7.98. The molecule has 2 aromatic carbocycles. The van der Waals surface area contributed by atoms with Crippen molar-refractivity contribution < 1.29 is 31.1 Å². The van der Waals surface area contributed by atoms with E-state index in [0.717, 1.165) is 4.31 Å². The van der Waals surface area contributed by atoms with Crippen LogP contribution >= 0.6 is 0 Å². The number of sulfonamides is 2. The van der Waals surface area contributed by atoms with Crippen molar-refractivity contribution in [3.05, 3.63) is 47.5 Å². The molecule has 0 aliphatic carbocycles. The number of aryl methyl sites for hydroxylation is 2. The number of nitrogens with zero attached hydrogens (tertiary/aromatic N) is 2. The van der Waals surface area contributed by atoms with E-state index in [-0.39, 0.29) is 16.4 Å². The number of morpholine rings is 1. The molecule has 0 bridgehead atoms. The second kappa shape index (κ2) is 10.4. The summed E-state index contributed by atoms with van der Waals surface area (Å²) in [6.07, 6.45) is 0. The molecular formula is C22H29N3O7S2. The van der Waals surface area contributed by atoms with Crippen molar-refractivity contribution in [2.24, 2.45) is 0 Å². The number of carbonyl (C=O) groups excluding carboxylic acids is 1. The number of ether oxygens (including phenoxy) is 2. The molecule has 12 heteroatoms. The molecule has 1 N–H and O–H groups in total. The first-order valence-electron chi connectivity index (χ1n) is 10.6. The van der Waals surface area contributed by atoms with Crippen molar-refractivity contribution >= 4 is 31.6 Å². The molecule has 1 amide bonds. The van der Waals surface area contributed by atoms with Crippen molar-refractivity contribution in [3.8, 4) is 5.75 Å². The van der Waals surface area contributed by atoms with E-state index in [9.17, 15) is 21.6 Å². The highest BCUT2D eigenvalue weighted by atomic mass is 32.2. The molecule has 2 aromatic rings. The zero-order valence-electron chi connectivity index (χ0n) is 19.6. The molecule has 0 spiro atoms. The van der Waals surface area contributed by atoms with Gasteiger partial charge >= 0.3 is 0 Å². The summed E-state index contributed by atoms with van der Waals surface area (Å²) in [6.45, 7) is 4.44. The van der Waals surface area contributed by atoms with Crippen LogP contribution in [0.1, 0.15) is 11.1 Å². The van der Waals surface area contributed by atoms with Crippen LogP contribution in [0, 0.1) is 13.8 Å². The van der Waals surface area contributed by atoms with E-state index in [0.29, 0.717) is 48.9 Å². The highest BCUT2D eigenvalue weighted by molar-refractivity contribution is 7.89. The number of carbonyl (C=O) groups is 1. The smallest absolute Gasteiger partial charge is 0.262 e. The molecule has 0 saturated carbocycles. The summed E-state index contributed by atoms with van der Waals surface area (Å²) in [5.41, 5.74) is 1.62. The summed E-state index contributed by atoms with van der Waals surface area (Å²) >= 11 is 0. The van der Waals surface area contributed by atoms with Crippen LogP contribution in [-0.2, 0) is 29.6 Å². The predicted octanol–water partition coefficient (Wildman–Crippen LogP) is 1.59. The third kappa shape index (κ3) is 5.76. The molecule has 34 heavy (non-hydrogen) atoms. The Labute approximate surface area is 200 Å². The normalized spacial score (nSPS) is 15.3. The number of benzene rings is 2. The minimum absolute atomic E-state index is 0.0622. The third-order valence-corrected chi connectivity index (χ3v) is 9.08. The van der Waals surface area contributed by atoms with Crippen LogP contribution in [0.25, 0.3) is 0 Å². The van der Waals surface area contributed by atoms with Crippen LogP contribution in [0.4, 0.5) is 5.69 Å². The van der Waals surface area contributed by atoms with Gasteiger partial charge in [0.05, 0.1) is 23.0 Å². The predicted molar refractivity (Wildman–Crippen MR) is 127 cm³/mol. The summed E-state index contributed by atoms with van der Waals surface area (Å²) in [4.78, 5) is 12.7. The van der Waals surface area contributed by atoms with Crippen LogP contribution in [0.3, 0.4) is 0 Å². The molecule has 1 aliphatic heterocycles. The highest BCUT2D eigenvalue weighted by Gasteiger charge is 2.27. The Balaban J connectivity index is 1.68. The Morgan fingerprint density at radius 3 is 2.26 bits per heavy atom. The molecule has 1 heterocycles. The van der Waals surface area contributed by atoms with Crippen LogP contribution in [0.2, 0.25) is 0 Å². The monoisotopic (exact) mass is 511 g/mol. The van der Waals surface area contributed by atoms with Gasteiger partial charge in [0, 0.05) is 32.9 Å². The summed E-state index contributed by atoms with van der Waals surface area (Å²) in [5, 5.41) is 2.67.